The van der Waals surface area contributed by atoms with Gasteiger partial charge in [-0.1, -0.05) is 37.3 Å². The fourth-order valence-corrected chi connectivity index (χ4v) is 2.26. The molecule has 0 heterocycles. The Bertz CT molecular complexity index is 550. The number of para-hydroxylation sites is 3. The first-order valence-corrected chi connectivity index (χ1v) is 6.87. The first kappa shape index (κ1) is 14.4. The van der Waals surface area contributed by atoms with Crippen molar-refractivity contribution in [3.05, 3.63) is 54.1 Å². The molecule has 0 fully saturated rings. The van der Waals surface area contributed by atoms with Gasteiger partial charge in [-0.2, -0.15) is 0 Å². The van der Waals surface area contributed by atoms with Crippen molar-refractivity contribution in [2.75, 3.05) is 14.2 Å². The number of hydrogen-bond acceptors (Lipinski definition) is 3. The predicted octanol–water partition coefficient (Wildman–Crippen LogP) is 4.16. The number of nitrogens with one attached hydrogen (secondary N) is 1. The number of hydrogen-bond donors (Lipinski definition) is 1. The standard InChI is InChI=1S/C17H21NO2/c1-4-14(18-2)13-9-5-6-10-15(13)20-17-12-8-7-11-16(17)19-3/h5-12,14,18H,4H2,1-3H3. The van der Waals surface area contributed by atoms with Crippen molar-refractivity contribution in [2.45, 2.75) is 19.4 Å². The Labute approximate surface area is 120 Å². The van der Waals surface area contributed by atoms with Gasteiger partial charge in [-0.15, -0.1) is 0 Å². The van der Waals surface area contributed by atoms with Crippen LogP contribution in [0.2, 0.25) is 0 Å². The summed E-state index contributed by atoms with van der Waals surface area (Å²) in [6.45, 7) is 2.15. The fraction of sp³-hybridized carbons (Fsp3) is 0.294. The molecule has 0 bridgehead atoms. The molecule has 0 aromatic heterocycles. The average Bonchev–Trinajstić information content (AvgIpc) is 2.50. The van der Waals surface area contributed by atoms with E-state index in [2.05, 4.69) is 18.3 Å². The van der Waals surface area contributed by atoms with Crippen LogP contribution >= 0.6 is 0 Å². The molecule has 1 N–H and O–H groups in total. The van der Waals surface area contributed by atoms with E-state index in [1.165, 1.54) is 0 Å². The Morgan fingerprint density at radius 2 is 1.55 bits per heavy atom. The monoisotopic (exact) mass is 271 g/mol. The lowest BCUT2D eigenvalue weighted by molar-refractivity contribution is 0.375. The van der Waals surface area contributed by atoms with Gasteiger partial charge in [-0.05, 0) is 31.7 Å². The van der Waals surface area contributed by atoms with E-state index in [4.69, 9.17) is 9.47 Å². The zero-order valence-electron chi connectivity index (χ0n) is 12.2. The first-order chi connectivity index (χ1) is 9.80. The number of rotatable bonds is 6. The Balaban J connectivity index is 2.34. The van der Waals surface area contributed by atoms with E-state index < -0.39 is 0 Å². The van der Waals surface area contributed by atoms with Crippen LogP contribution in [-0.2, 0) is 0 Å². The predicted molar refractivity (Wildman–Crippen MR) is 81.6 cm³/mol. The first-order valence-electron chi connectivity index (χ1n) is 6.87. The zero-order valence-corrected chi connectivity index (χ0v) is 12.2. The lowest BCUT2D eigenvalue weighted by atomic mass is 10.0. The number of methoxy groups -OCH3 is 1. The maximum absolute atomic E-state index is 6.05. The van der Waals surface area contributed by atoms with E-state index in [1.807, 2.05) is 49.5 Å². The van der Waals surface area contributed by atoms with Crippen molar-refractivity contribution < 1.29 is 9.47 Å². The van der Waals surface area contributed by atoms with Crippen LogP contribution in [0.25, 0.3) is 0 Å². The molecular weight excluding hydrogens is 250 g/mol. The molecule has 0 spiro atoms. The lowest BCUT2D eigenvalue weighted by Gasteiger charge is -2.19. The molecule has 1 unspecified atom stereocenters. The summed E-state index contributed by atoms with van der Waals surface area (Å²) >= 11 is 0. The third-order valence-corrected chi connectivity index (χ3v) is 3.34. The highest BCUT2D eigenvalue weighted by molar-refractivity contribution is 5.45. The maximum atomic E-state index is 6.05. The highest BCUT2D eigenvalue weighted by Crippen LogP contribution is 2.35. The second-order valence-corrected chi connectivity index (χ2v) is 4.54. The van der Waals surface area contributed by atoms with Gasteiger partial charge < -0.3 is 14.8 Å². The average molecular weight is 271 g/mol. The topological polar surface area (TPSA) is 30.5 Å². The van der Waals surface area contributed by atoms with Crippen molar-refractivity contribution in [1.82, 2.24) is 5.32 Å². The van der Waals surface area contributed by atoms with E-state index in [0.29, 0.717) is 0 Å². The van der Waals surface area contributed by atoms with Crippen LogP contribution in [0.15, 0.2) is 48.5 Å². The Kier molecular flexibility index (Phi) is 5.02. The van der Waals surface area contributed by atoms with Gasteiger partial charge in [0.15, 0.2) is 11.5 Å². The van der Waals surface area contributed by atoms with Gasteiger partial charge in [-0.25, -0.2) is 0 Å². The molecule has 0 radical (unpaired) electrons. The van der Waals surface area contributed by atoms with Crippen molar-refractivity contribution in [1.29, 1.82) is 0 Å². The second-order valence-electron chi connectivity index (χ2n) is 4.54. The summed E-state index contributed by atoms with van der Waals surface area (Å²) in [5.74, 6) is 2.33. The van der Waals surface area contributed by atoms with Gasteiger partial charge in [0.2, 0.25) is 0 Å². The molecule has 2 aromatic rings. The van der Waals surface area contributed by atoms with Crippen LogP contribution in [0.4, 0.5) is 0 Å². The highest BCUT2D eigenvalue weighted by Gasteiger charge is 2.14. The molecule has 0 aliphatic rings. The van der Waals surface area contributed by atoms with Crippen LogP contribution in [0.1, 0.15) is 24.9 Å². The minimum Gasteiger partial charge on any atom is -0.493 e. The van der Waals surface area contributed by atoms with Gasteiger partial charge >= 0.3 is 0 Å². The summed E-state index contributed by atoms with van der Waals surface area (Å²) in [5, 5.41) is 3.31. The van der Waals surface area contributed by atoms with Gasteiger partial charge in [0.25, 0.3) is 0 Å². The third-order valence-electron chi connectivity index (χ3n) is 3.34. The van der Waals surface area contributed by atoms with Crippen molar-refractivity contribution in [2.24, 2.45) is 0 Å². The molecule has 3 nitrogen and oxygen atoms in total. The third kappa shape index (κ3) is 3.11. The molecule has 20 heavy (non-hydrogen) atoms. The Morgan fingerprint density at radius 1 is 0.950 bits per heavy atom. The van der Waals surface area contributed by atoms with E-state index in [9.17, 15) is 0 Å². The minimum absolute atomic E-state index is 0.279. The molecule has 0 saturated carbocycles. The van der Waals surface area contributed by atoms with Crippen LogP contribution < -0.4 is 14.8 Å². The second kappa shape index (κ2) is 6.96. The Hall–Kier alpha value is -2.00. The number of ether oxygens (including phenoxy) is 2. The SMILES string of the molecule is CCC(NC)c1ccccc1Oc1ccccc1OC. The highest BCUT2D eigenvalue weighted by atomic mass is 16.5. The molecular formula is C17H21NO2. The van der Waals surface area contributed by atoms with Crippen molar-refractivity contribution >= 4 is 0 Å². The van der Waals surface area contributed by atoms with Crippen LogP contribution in [0.5, 0.6) is 17.2 Å². The van der Waals surface area contributed by atoms with Crippen molar-refractivity contribution in [3.63, 3.8) is 0 Å². The van der Waals surface area contributed by atoms with Crippen LogP contribution in [0, 0.1) is 0 Å². The van der Waals surface area contributed by atoms with E-state index in [-0.39, 0.29) is 6.04 Å². The van der Waals surface area contributed by atoms with Crippen LogP contribution in [-0.4, -0.2) is 14.2 Å². The molecule has 0 aliphatic heterocycles. The van der Waals surface area contributed by atoms with Crippen LogP contribution in [0.3, 0.4) is 0 Å². The summed E-state index contributed by atoms with van der Waals surface area (Å²) in [7, 11) is 3.62. The van der Waals surface area contributed by atoms with E-state index >= 15 is 0 Å². The molecule has 1 atom stereocenters. The van der Waals surface area contributed by atoms with E-state index in [1.54, 1.807) is 7.11 Å². The quantitative estimate of drug-likeness (QED) is 0.855. The zero-order chi connectivity index (χ0) is 14.4. The molecule has 2 aromatic carbocycles. The normalized spacial score (nSPS) is 11.9. The van der Waals surface area contributed by atoms with Gasteiger partial charge in [0.1, 0.15) is 5.75 Å². The summed E-state index contributed by atoms with van der Waals surface area (Å²) in [6, 6.07) is 16.1. The molecule has 0 aliphatic carbocycles. The van der Waals surface area contributed by atoms with Crippen molar-refractivity contribution in [3.8, 4) is 17.2 Å². The summed E-state index contributed by atoms with van der Waals surface area (Å²) in [5.41, 5.74) is 1.16. The van der Waals surface area contributed by atoms with Gasteiger partial charge in [0.05, 0.1) is 7.11 Å². The summed E-state index contributed by atoms with van der Waals surface area (Å²) in [4.78, 5) is 0. The smallest absolute Gasteiger partial charge is 0.169 e. The van der Waals surface area contributed by atoms with Gasteiger partial charge in [-0.3, -0.25) is 0 Å². The summed E-state index contributed by atoms with van der Waals surface area (Å²) in [6.07, 6.45) is 1.00. The van der Waals surface area contributed by atoms with Gasteiger partial charge in [0, 0.05) is 11.6 Å². The Morgan fingerprint density at radius 3 is 2.15 bits per heavy atom. The molecule has 3 heteroatoms. The molecule has 0 amide bonds. The fourth-order valence-electron chi connectivity index (χ4n) is 2.26. The largest absolute Gasteiger partial charge is 0.493 e. The maximum Gasteiger partial charge on any atom is 0.169 e. The summed E-state index contributed by atoms with van der Waals surface area (Å²) < 4.78 is 11.4. The molecule has 0 saturated heterocycles. The number of benzene rings is 2. The minimum atomic E-state index is 0.279. The molecule has 2 rings (SSSR count). The molecule has 106 valence electrons. The lowest BCUT2D eigenvalue weighted by Crippen LogP contribution is -2.15. The van der Waals surface area contributed by atoms with E-state index in [0.717, 1.165) is 29.2 Å².